The molecule has 1 heterocycles. The Bertz CT molecular complexity index is 1170. The van der Waals surface area contributed by atoms with Crippen molar-refractivity contribution in [3.8, 4) is 11.5 Å². The van der Waals surface area contributed by atoms with E-state index in [0.29, 0.717) is 29.0 Å². The third kappa shape index (κ3) is 3.55. The summed E-state index contributed by atoms with van der Waals surface area (Å²) in [5.41, 5.74) is 1.64. The normalized spacial score (nSPS) is 14.7. The molecule has 1 aliphatic heterocycles. The van der Waals surface area contributed by atoms with Crippen molar-refractivity contribution in [3.63, 3.8) is 0 Å². The topological polar surface area (TPSA) is 64.0 Å². The highest BCUT2D eigenvalue weighted by atomic mass is 19.1. The van der Waals surface area contributed by atoms with Crippen LogP contribution in [0.2, 0.25) is 0 Å². The van der Waals surface area contributed by atoms with Crippen LogP contribution in [0.15, 0.2) is 54.6 Å². The average Bonchev–Trinajstić information content (AvgIpc) is 3.00. The summed E-state index contributed by atoms with van der Waals surface area (Å²) in [5, 5.41) is 22.1. The number of phenolic OH excluding ortho intramolecular Hbond substituents is 2. The largest absolute Gasteiger partial charge is 0.508 e. The van der Waals surface area contributed by atoms with Crippen LogP contribution in [0, 0.1) is 19.7 Å². The van der Waals surface area contributed by atoms with E-state index in [2.05, 4.69) is 4.90 Å². The van der Waals surface area contributed by atoms with Gasteiger partial charge in [-0.1, -0.05) is 38.1 Å². The molecule has 0 unspecified atom stereocenters. The zero-order valence-electron chi connectivity index (χ0n) is 19.4. The molecule has 1 amide bonds. The summed E-state index contributed by atoms with van der Waals surface area (Å²) in [5.74, 6) is -0.992. The molecule has 33 heavy (non-hydrogen) atoms. The van der Waals surface area contributed by atoms with Crippen molar-refractivity contribution in [2.24, 2.45) is 0 Å². The van der Waals surface area contributed by atoms with Gasteiger partial charge in [0.25, 0.3) is 0 Å². The Labute approximate surface area is 193 Å². The first-order valence-corrected chi connectivity index (χ1v) is 11.2. The number of benzene rings is 3. The van der Waals surface area contributed by atoms with Crippen LogP contribution in [0.1, 0.15) is 41.7 Å². The van der Waals surface area contributed by atoms with E-state index >= 15 is 0 Å². The molecule has 2 N–H and O–H groups in total. The van der Waals surface area contributed by atoms with Crippen molar-refractivity contribution in [3.05, 3.63) is 88.2 Å². The Kier molecular flexibility index (Phi) is 5.89. The fourth-order valence-corrected chi connectivity index (χ4v) is 4.82. The quantitative estimate of drug-likeness (QED) is 0.567. The summed E-state index contributed by atoms with van der Waals surface area (Å²) in [6.45, 7) is 9.49. The van der Waals surface area contributed by atoms with Gasteiger partial charge in [-0.15, -0.1) is 0 Å². The number of aryl methyl sites for hydroxylation is 2. The lowest BCUT2D eigenvalue weighted by Gasteiger charge is -2.32. The van der Waals surface area contributed by atoms with Gasteiger partial charge < -0.3 is 10.2 Å². The van der Waals surface area contributed by atoms with Gasteiger partial charge in [-0.25, -0.2) is 4.39 Å². The lowest BCUT2D eigenvalue weighted by atomic mass is 9.69. The molecule has 172 valence electrons. The molecule has 1 aliphatic rings. The maximum Gasteiger partial charge on any atom is 0.248 e. The number of fused-ring (bicyclic) bond motifs is 1. The third-order valence-electron chi connectivity index (χ3n) is 6.57. The number of hydrogen-bond donors (Lipinski definition) is 2. The van der Waals surface area contributed by atoms with Gasteiger partial charge in [-0.05, 0) is 68.4 Å². The number of halogens is 1. The molecule has 0 spiro atoms. The fourth-order valence-electron chi connectivity index (χ4n) is 4.82. The number of aromatic hydroxyl groups is 2. The summed E-state index contributed by atoms with van der Waals surface area (Å²) >= 11 is 0. The number of carbonyl (C=O) groups is 1. The summed E-state index contributed by atoms with van der Waals surface area (Å²) in [6.07, 6.45) is 0. The van der Waals surface area contributed by atoms with Crippen LogP contribution >= 0.6 is 0 Å². The van der Waals surface area contributed by atoms with Crippen molar-refractivity contribution in [1.29, 1.82) is 0 Å². The maximum absolute atomic E-state index is 14.6. The van der Waals surface area contributed by atoms with Crippen molar-refractivity contribution in [2.75, 3.05) is 24.7 Å². The highest BCUT2D eigenvalue weighted by Gasteiger charge is 2.56. The van der Waals surface area contributed by atoms with Gasteiger partial charge in [0.2, 0.25) is 5.91 Å². The van der Waals surface area contributed by atoms with Gasteiger partial charge in [0.1, 0.15) is 22.7 Å². The molecule has 6 heteroatoms. The van der Waals surface area contributed by atoms with E-state index in [1.165, 1.54) is 12.1 Å². The van der Waals surface area contributed by atoms with Gasteiger partial charge in [-0.3, -0.25) is 14.6 Å². The van der Waals surface area contributed by atoms with E-state index in [4.69, 9.17) is 0 Å². The molecular formula is C27H29FN2O3. The molecule has 0 saturated carbocycles. The standard InChI is InChI=1S/C27H29FN2O3/c1-5-29(6-2)16-30-23-12-9-19(28)15-22(23)27(26(30)33,20-10-7-17(3)13-24(20)31)21-11-8-18(4)14-25(21)32/h7-15,31-32H,5-6,16H2,1-4H3. The highest BCUT2D eigenvalue weighted by Crippen LogP contribution is 2.54. The predicted molar refractivity (Wildman–Crippen MR) is 127 cm³/mol. The summed E-state index contributed by atoms with van der Waals surface area (Å²) in [6, 6.07) is 14.4. The molecule has 0 aliphatic carbocycles. The van der Waals surface area contributed by atoms with Crippen LogP contribution in [-0.2, 0) is 10.2 Å². The Morgan fingerprint density at radius 1 is 0.848 bits per heavy atom. The second-order valence-corrected chi connectivity index (χ2v) is 8.63. The lowest BCUT2D eigenvalue weighted by Crippen LogP contribution is -2.46. The van der Waals surface area contributed by atoms with Gasteiger partial charge >= 0.3 is 0 Å². The van der Waals surface area contributed by atoms with Crippen LogP contribution < -0.4 is 4.90 Å². The summed E-state index contributed by atoms with van der Waals surface area (Å²) < 4.78 is 14.6. The van der Waals surface area contributed by atoms with E-state index in [1.807, 2.05) is 27.7 Å². The maximum atomic E-state index is 14.6. The minimum absolute atomic E-state index is 0.0803. The minimum atomic E-state index is -1.60. The van der Waals surface area contributed by atoms with Crippen molar-refractivity contribution in [2.45, 2.75) is 33.1 Å². The summed E-state index contributed by atoms with van der Waals surface area (Å²) in [4.78, 5) is 18.1. The van der Waals surface area contributed by atoms with Gasteiger partial charge in [0, 0.05) is 16.7 Å². The smallest absolute Gasteiger partial charge is 0.248 e. The predicted octanol–water partition coefficient (Wildman–Crippen LogP) is 4.83. The van der Waals surface area contributed by atoms with Crippen LogP contribution in [-0.4, -0.2) is 40.8 Å². The number of amides is 1. The molecule has 0 saturated heterocycles. The van der Waals surface area contributed by atoms with Gasteiger partial charge in [0.15, 0.2) is 0 Å². The average molecular weight is 449 g/mol. The van der Waals surface area contributed by atoms with Crippen molar-refractivity contribution < 1.29 is 19.4 Å². The van der Waals surface area contributed by atoms with E-state index in [1.54, 1.807) is 47.4 Å². The number of rotatable bonds is 6. The van der Waals surface area contributed by atoms with E-state index in [0.717, 1.165) is 24.2 Å². The number of anilines is 1. The third-order valence-corrected chi connectivity index (χ3v) is 6.57. The Morgan fingerprint density at radius 3 is 1.88 bits per heavy atom. The van der Waals surface area contributed by atoms with Gasteiger partial charge in [0.05, 0.1) is 12.4 Å². The molecule has 5 nitrogen and oxygen atoms in total. The number of hydrogen-bond acceptors (Lipinski definition) is 4. The molecule has 3 aromatic rings. The van der Waals surface area contributed by atoms with Gasteiger partial charge in [-0.2, -0.15) is 0 Å². The van der Waals surface area contributed by atoms with Crippen LogP contribution in [0.25, 0.3) is 0 Å². The van der Waals surface area contributed by atoms with Crippen molar-refractivity contribution >= 4 is 11.6 Å². The minimum Gasteiger partial charge on any atom is -0.508 e. The lowest BCUT2D eigenvalue weighted by molar-refractivity contribution is -0.121. The first-order chi connectivity index (χ1) is 15.7. The molecule has 0 aromatic heterocycles. The molecule has 0 radical (unpaired) electrons. The molecule has 0 atom stereocenters. The number of carbonyl (C=O) groups excluding carboxylic acids is 1. The zero-order chi connectivity index (χ0) is 23.9. The van der Waals surface area contributed by atoms with Crippen LogP contribution in [0.3, 0.4) is 0 Å². The molecule has 0 fully saturated rings. The first kappa shape index (κ1) is 22.8. The Hall–Kier alpha value is -3.38. The second-order valence-electron chi connectivity index (χ2n) is 8.63. The monoisotopic (exact) mass is 448 g/mol. The Balaban J connectivity index is 2.10. The van der Waals surface area contributed by atoms with Crippen molar-refractivity contribution in [1.82, 2.24) is 4.90 Å². The number of phenols is 2. The molecule has 3 aromatic carbocycles. The molecular weight excluding hydrogens is 419 g/mol. The fraction of sp³-hybridized carbons (Fsp3) is 0.296. The number of nitrogens with zero attached hydrogens (tertiary/aromatic N) is 2. The van der Waals surface area contributed by atoms with Crippen LogP contribution in [0.5, 0.6) is 11.5 Å². The molecule has 4 rings (SSSR count). The highest BCUT2D eigenvalue weighted by molar-refractivity contribution is 6.13. The van der Waals surface area contributed by atoms with E-state index in [9.17, 15) is 19.4 Å². The SMILES string of the molecule is CCN(CC)CN1C(=O)C(c2ccc(C)cc2O)(c2ccc(C)cc2O)c2cc(F)ccc21. The van der Waals surface area contributed by atoms with E-state index in [-0.39, 0.29) is 17.4 Å². The Morgan fingerprint density at radius 2 is 1.39 bits per heavy atom. The van der Waals surface area contributed by atoms with E-state index < -0.39 is 11.2 Å². The summed E-state index contributed by atoms with van der Waals surface area (Å²) in [7, 11) is 0. The first-order valence-electron chi connectivity index (χ1n) is 11.2. The molecule has 0 bridgehead atoms. The second kappa shape index (κ2) is 8.52. The van der Waals surface area contributed by atoms with Crippen LogP contribution in [0.4, 0.5) is 10.1 Å². The zero-order valence-corrected chi connectivity index (χ0v) is 19.4.